The molecular formula is C13H16N2O2S. The van der Waals surface area contributed by atoms with Gasteiger partial charge < -0.3 is 9.64 Å². The van der Waals surface area contributed by atoms with Crippen LogP contribution in [-0.4, -0.2) is 36.3 Å². The first kappa shape index (κ1) is 11.7. The molecule has 0 N–H and O–H groups in total. The maximum atomic E-state index is 12.4. The first-order valence-corrected chi connectivity index (χ1v) is 7.28. The van der Waals surface area contributed by atoms with Crippen LogP contribution in [0, 0.1) is 0 Å². The van der Waals surface area contributed by atoms with Crippen molar-refractivity contribution in [3.05, 3.63) is 22.4 Å². The summed E-state index contributed by atoms with van der Waals surface area (Å²) in [7, 11) is 0. The molecule has 1 fully saturated rings. The Kier molecular flexibility index (Phi) is 3.32. The van der Waals surface area contributed by atoms with Crippen LogP contribution in [0.5, 0.6) is 0 Å². The van der Waals surface area contributed by atoms with E-state index >= 15 is 0 Å². The maximum Gasteiger partial charge on any atom is 0.251 e. The van der Waals surface area contributed by atoms with E-state index in [2.05, 4.69) is 4.99 Å². The third-order valence-electron chi connectivity index (χ3n) is 3.51. The number of carbonyl (C=O) groups is 1. The third kappa shape index (κ3) is 2.14. The second-order valence-corrected chi connectivity index (χ2v) is 5.48. The van der Waals surface area contributed by atoms with Gasteiger partial charge in [0.2, 0.25) is 0 Å². The van der Waals surface area contributed by atoms with Crippen LogP contribution >= 0.6 is 11.3 Å². The smallest absolute Gasteiger partial charge is 0.251 e. The molecule has 0 bridgehead atoms. The SMILES string of the molecule is O=C(C1N=COC1c1ccsc1)N1CCCCC1. The van der Waals surface area contributed by atoms with Crippen molar-refractivity contribution in [3.63, 3.8) is 0 Å². The minimum atomic E-state index is -0.391. The van der Waals surface area contributed by atoms with Crippen LogP contribution in [0.1, 0.15) is 30.9 Å². The van der Waals surface area contributed by atoms with E-state index in [0.717, 1.165) is 31.5 Å². The molecule has 3 heterocycles. The summed E-state index contributed by atoms with van der Waals surface area (Å²) in [4.78, 5) is 18.6. The van der Waals surface area contributed by atoms with E-state index in [9.17, 15) is 4.79 Å². The summed E-state index contributed by atoms with van der Waals surface area (Å²) in [5, 5.41) is 4.02. The third-order valence-corrected chi connectivity index (χ3v) is 4.21. The number of aliphatic imine (C=N–C) groups is 1. The van der Waals surface area contributed by atoms with E-state index < -0.39 is 6.04 Å². The standard InChI is InChI=1S/C13H16N2O2S/c16-13(15-5-2-1-3-6-15)11-12(17-9-14-11)10-4-7-18-8-10/h4,7-9,11-12H,1-3,5-6H2. The quantitative estimate of drug-likeness (QED) is 0.822. The fraction of sp³-hybridized carbons (Fsp3) is 0.538. The molecule has 1 aromatic rings. The number of hydrogen-bond donors (Lipinski definition) is 0. The van der Waals surface area contributed by atoms with E-state index in [4.69, 9.17) is 4.74 Å². The Bertz CT molecular complexity index is 438. The van der Waals surface area contributed by atoms with E-state index in [1.807, 2.05) is 21.7 Å². The van der Waals surface area contributed by atoms with Crippen molar-refractivity contribution < 1.29 is 9.53 Å². The Balaban J connectivity index is 1.73. The van der Waals surface area contributed by atoms with Gasteiger partial charge in [0.25, 0.3) is 5.91 Å². The maximum absolute atomic E-state index is 12.4. The van der Waals surface area contributed by atoms with E-state index in [-0.39, 0.29) is 12.0 Å². The molecule has 1 amide bonds. The highest BCUT2D eigenvalue weighted by atomic mass is 32.1. The molecule has 2 aliphatic rings. The largest absolute Gasteiger partial charge is 0.473 e. The second-order valence-electron chi connectivity index (χ2n) is 4.70. The van der Waals surface area contributed by atoms with Gasteiger partial charge in [-0.1, -0.05) is 0 Å². The fourth-order valence-electron chi connectivity index (χ4n) is 2.51. The molecule has 1 aromatic heterocycles. The van der Waals surface area contributed by atoms with Crippen molar-refractivity contribution in [2.45, 2.75) is 31.4 Å². The number of likely N-dealkylation sites (tertiary alicyclic amines) is 1. The van der Waals surface area contributed by atoms with Crippen molar-refractivity contribution >= 4 is 23.6 Å². The van der Waals surface area contributed by atoms with Crippen LogP contribution in [-0.2, 0) is 9.53 Å². The second kappa shape index (κ2) is 5.10. The van der Waals surface area contributed by atoms with Crippen LogP contribution in [0.4, 0.5) is 0 Å². The number of hydrogen-bond acceptors (Lipinski definition) is 4. The lowest BCUT2D eigenvalue weighted by Gasteiger charge is -2.29. The lowest BCUT2D eigenvalue weighted by molar-refractivity contribution is -0.135. The molecule has 96 valence electrons. The number of ether oxygens (including phenoxy) is 1. The predicted octanol–water partition coefficient (Wildman–Crippen LogP) is 2.23. The van der Waals surface area contributed by atoms with Gasteiger partial charge in [0, 0.05) is 18.7 Å². The van der Waals surface area contributed by atoms with Gasteiger partial charge in [-0.3, -0.25) is 4.79 Å². The molecule has 0 aliphatic carbocycles. The van der Waals surface area contributed by atoms with Gasteiger partial charge in [-0.05, 0) is 36.1 Å². The Morgan fingerprint density at radius 1 is 1.39 bits per heavy atom. The number of piperidine rings is 1. The van der Waals surface area contributed by atoms with E-state index in [0.29, 0.717) is 0 Å². The number of amides is 1. The molecule has 0 radical (unpaired) electrons. The topological polar surface area (TPSA) is 41.9 Å². The van der Waals surface area contributed by atoms with Gasteiger partial charge in [0.15, 0.2) is 18.5 Å². The van der Waals surface area contributed by atoms with E-state index in [1.165, 1.54) is 12.8 Å². The van der Waals surface area contributed by atoms with Crippen LogP contribution in [0.25, 0.3) is 0 Å². The molecule has 5 heteroatoms. The first-order chi connectivity index (χ1) is 8.86. The van der Waals surface area contributed by atoms with Crippen molar-refractivity contribution in [1.82, 2.24) is 4.90 Å². The Morgan fingerprint density at radius 3 is 2.94 bits per heavy atom. The van der Waals surface area contributed by atoms with Crippen LogP contribution < -0.4 is 0 Å². The molecule has 2 aliphatic heterocycles. The Labute approximate surface area is 110 Å². The molecule has 0 aromatic carbocycles. The fourth-order valence-corrected chi connectivity index (χ4v) is 3.20. The minimum Gasteiger partial charge on any atom is -0.473 e. The lowest BCUT2D eigenvalue weighted by atomic mass is 10.0. The van der Waals surface area contributed by atoms with Crippen LogP contribution in [0.2, 0.25) is 0 Å². The first-order valence-electron chi connectivity index (χ1n) is 6.34. The van der Waals surface area contributed by atoms with Crippen molar-refractivity contribution in [2.24, 2.45) is 4.99 Å². The highest BCUT2D eigenvalue weighted by Crippen LogP contribution is 2.30. The predicted molar refractivity (Wildman–Crippen MR) is 70.9 cm³/mol. The molecular weight excluding hydrogens is 248 g/mol. The average molecular weight is 264 g/mol. The van der Waals surface area contributed by atoms with Crippen molar-refractivity contribution in [2.75, 3.05) is 13.1 Å². The summed E-state index contributed by atoms with van der Waals surface area (Å²) in [6.07, 6.45) is 4.63. The van der Waals surface area contributed by atoms with E-state index in [1.54, 1.807) is 11.3 Å². The summed E-state index contributed by atoms with van der Waals surface area (Å²) < 4.78 is 5.49. The zero-order valence-corrected chi connectivity index (χ0v) is 10.9. The summed E-state index contributed by atoms with van der Waals surface area (Å²) in [6.45, 7) is 1.72. The number of thiophene rings is 1. The summed E-state index contributed by atoms with van der Waals surface area (Å²) in [6, 6.07) is 1.61. The molecule has 18 heavy (non-hydrogen) atoms. The van der Waals surface area contributed by atoms with Gasteiger partial charge in [0.1, 0.15) is 0 Å². The summed E-state index contributed by atoms with van der Waals surface area (Å²) in [5.74, 6) is 0.111. The molecule has 3 rings (SSSR count). The average Bonchev–Trinajstić information content (AvgIpc) is 3.09. The molecule has 4 nitrogen and oxygen atoms in total. The number of rotatable bonds is 2. The minimum absolute atomic E-state index is 0.111. The molecule has 2 atom stereocenters. The summed E-state index contributed by atoms with van der Waals surface area (Å²) in [5.41, 5.74) is 1.05. The van der Waals surface area contributed by atoms with Crippen LogP contribution in [0.15, 0.2) is 21.8 Å². The van der Waals surface area contributed by atoms with Crippen molar-refractivity contribution in [1.29, 1.82) is 0 Å². The zero-order valence-electron chi connectivity index (χ0n) is 10.1. The normalized spacial score (nSPS) is 27.2. The number of nitrogens with zero attached hydrogens (tertiary/aromatic N) is 2. The summed E-state index contributed by atoms with van der Waals surface area (Å²) >= 11 is 1.62. The van der Waals surface area contributed by atoms with Gasteiger partial charge in [0.05, 0.1) is 0 Å². The Morgan fingerprint density at radius 2 is 2.22 bits per heavy atom. The monoisotopic (exact) mass is 264 g/mol. The number of carbonyl (C=O) groups excluding carboxylic acids is 1. The molecule has 0 spiro atoms. The molecule has 2 unspecified atom stereocenters. The zero-order chi connectivity index (χ0) is 12.4. The highest BCUT2D eigenvalue weighted by Gasteiger charge is 2.37. The van der Waals surface area contributed by atoms with Gasteiger partial charge in [-0.15, -0.1) is 0 Å². The lowest BCUT2D eigenvalue weighted by Crippen LogP contribution is -2.42. The highest BCUT2D eigenvalue weighted by molar-refractivity contribution is 7.08. The molecule has 1 saturated heterocycles. The van der Waals surface area contributed by atoms with Gasteiger partial charge in [-0.25, -0.2) is 4.99 Å². The van der Waals surface area contributed by atoms with Gasteiger partial charge in [-0.2, -0.15) is 11.3 Å². The Hall–Kier alpha value is -1.36. The van der Waals surface area contributed by atoms with Crippen molar-refractivity contribution in [3.8, 4) is 0 Å². The van der Waals surface area contributed by atoms with Crippen LogP contribution in [0.3, 0.4) is 0 Å². The van der Waals surface area contributed by atoms with Gasteiger partial charge >= 0.3 is 0 Å². The molecule has 0 saturated carbocycles.